The largest absolute Gasteiger partial charge is 0.412 e. The van der Waals surface area contributed by atoms with Crippen LogP contribution in [0.15, 0.2) is 48.5 Å². The Balaban J connectivity index is 0.00000133. The molecule has 96 valence electrons. The van der Waals surface area contributed by atoms with E-state index in [-0.39, 0.29) is 5.48 Å². The molecule has 2 aromatic carbocycles. The van der Waals surface area contributed by atoms with Crippen LogP contribution in [-0.2, 0) is 0 Å². The molecular formula is C15H14N2O2. The third kappa shape index (κ3) is 2.09. The Hall–Kier alpha value is -2.59. The van der Waals surface area contributed by atoms with Crippen LogP contribution in [0.1, 0.15) is 11.1 Å². The first-order valence-electron chi connectivity index (χ1n) is 5.73. The number of hydrogen-bond donors (Lipinski definition) is 1. The molecular weight excluding hydrogens is 240 g/mol. The lowest BCUT2D eigenvalue weighted by atomic mass is 10.1. The minimum absolute atomic E-state index is 0. The summed E-state index contributed by atoms with van der Waals surface area (Å²) in [6.07, 6.45) is 3.99. The zero-order valence-corrected chi connectivity index (χ0v) is 10.2. The third-order valence-electron chi connectivity index (χ3n) is 3.02. The van der Waals surface area contributed by atoms with E-state index in [0.717, 1.165) is 22.5 Å². The van der Waals surface area contributed by atoms with Crippen molar-refractivity contribution in [3.8, 4) is 0 Å². The molecule has 0 unspecified atom stereocenters. The van der Waals surface area contributed by atoms with E-state index < -0.39 is 6.03 Å². The van der Waals surface area contributed by atoms with Crippen LogP contribution in [0.5, 0.6) is 0 Å². The summed E-state index contributed by atoms with van der Waals surface area (Å²) in [5, 5.41) is 0. The van der Waals surface area contributed by atoms with Gasteiger partial charge < -0.3 is 11.2 Å². The van der Waals surface area contributed by atoms with Crippen molar-refractivity contribution in [2.45, 2.75) is 0 Å². The third-order valence-corrected chi connectivity index (χ3v) is 3.02. The molecule has 0 saturated heterocycles. The van der Waals surface area contributed by atoms with Crippen LogP contribution in [0, 0.1) is 0 Å². The minimum Gasteiger partial charge on any atom is -0.412 e. The second kappa shape index (κ2) is 4.96. The molecule has 2 amide bonds. The second-order valence-electron chi connectivity index (χ2n) is 4.12. The molecule has 0 radical (unpaired) electrons. The summed E-state index contributed by atoms with van der Waals surface area (Å²) in [6, 6.07) is 14.9. The second-order valence-corrected chi connectivity index (χ2v) is 4.12. The number of rotatable bonds is 0. The Morgan fingerprint density at radius 2 is 1.26 bits per heavy atom. The van der Waals surface area contributed by atoms with Crippen molar-refractivity contribution < 1.29 is 10.3 Å². The van der Waals surface area contributed by atoms with E-state index in [4.69, 9.17) is 5.73 Å². The zero-order chi connectivity index (χ0) is 12.5. The van der Waals surface area contributed by atoms with Crippen molar-refractivity contribution in [3.63, 3.8) is 0 Å². The van der Waals surface area contributed by atoms with Gasteiger partial charge in [0.15, 0.2) is 0 Å². The molecule has 4 N–H and O–H groups in total. The molecule has 0 saturated carbocycles. The average molecular weight is 254 g/mol. The lowest BCUT2D eigenvalue weighted by Gasteiger charge is -2.22. The summed E-state index contributed by atoms with van der Waals surface area (Å²) in [5.41, 5.74) is 9.11. The van der Waals surface area contributed by atoms with Gasteiger partial charge in [0.1, 0.15) is 0 Å². The lowest BCUT2D eigenvalue weighted by molar-refractivity contribution is 0.256. The molecule has 1 heterocycles. The van der Waals surface area contributed by atoms with Crippen molar-refractivity contribution in [2.75, 3.05) is 4.90 Å². The molecule has 0 bridgehead atoms. The average Bonchev–Trinajstić information content (AvgIpc) is 2.55. The van der Waals surface area contributed by atoms with Gasteiger partial charge in [0.2, 0.25) is 0 Å². The zero-order valence-electron chi connectivity index (χ0n) is 10.2. The van der Waals surface area contributed by atoms with Crippen molar-refractivity contribution in [1.82, 2.24) is 0 Å². The van der Waals surface area contributed by atoms with Gasteiger partial charge in [-0.1, -0.05) is 48.6 Å². The Labute approximate surface area is 111 Å². The number of para-hydroxylation sites is 2. The smallest absolute Gasteiger partial charge is 0.323 e. The molecule has 0 atom stereocenters. The molecule has 1 aliphatic heterocycles. The fourth-order valence-corrected chi connectivity index (χ4v) is 2.21. The number of fused-ring (bicyclic) bond motifs is 2. The van der Waals surface area contributed by atoms with E-state index in [1.807, 2.05) is 60.7 Å². The number of nitrogens with two attached hydrogens (primary N) is 1. The Morgan fingerprint density at radius 3 is 1.68 bits per heavy atom. The lowest BCUT2D eigenvalue weighted by Crippen LogP contribution is -2.32. The van der Waals surface area contributed by atoms with Crippen LogP contribution < -0.4 is 10.6 Å². The van der Waals surface area contributed by atoms with Crippen molar-refractivity contribution in [2.24, 2.45) is 5.73 Å². The van der Waals surface area contributed by atoms with Gasteiger partial charge in [0, 0.05) is 0 Å². The Bertz CT molecular complexity index is 601. The highest BCUT2D eigenvalue weighted by Gasteiger charge is 2.21. The van der Waals surface area contributed by atoms with Crippen LogP contribution in [0.4, 0.5) is 16.2 Å². The minimum atomic E-state index is -0.474. The first-order valence-corrected chi connectivity index (χ1v) is 5.73. The SMILES string of the molecule is NC(=O)N1c2ccccc2C=Cc2ccccc21.O. The van der Waals surface area contributed by atoms with E-state index in [0.29, 0.717) is 0 Å². The van der Waals surface area contributed by atoms with Crippen molar-refractivity contribution in [1.29, 1.82) is 0 Å². The first-order chi connectivity index (χ1) is 8.77. The van der Waals surface area contributed by atoms with Crippen LogP contribution in [0.3, 0.4) is 0 Å². The monoisotopic (exact) mass is 254 g/mol. The van der Waals surface area contributed by atoms with Gasteiger partial charge in [-0.3, -0.25) is 4.90 Å². The molecule has 4 nitrogen and oxygen atoms in total. The maximum Gasteiger partial charge on any atom is 0.323 e. The summed E-state index contributed by atoms with van der Waals surface area (Å²) < 4.78 is 0. The molecule has 19 heavy (non-hydrogen) atoms. The van der Waals surface area contributed by atoms with Crippen LogP contribution >= 0.6 is 0 Å². The number of carbonyl (C=O) groups is 1. The quantitative estimate of drug-likeness (QED) is 0.770. The summed E-state index contributed by atoms with van der Waals surface area (Å²) in [7, 11) is 0. The topological polar surface area (TPSA) is 77.8 Å². The summed E-state index contributed by atoms with van der Waals surface area (Å²) in [6.45, 7) is 0. The number of hydrogen-bond acceptors (Lipinski definition) is 1. The van der Waals surface area contributed by atoms with Gasteiger partial charge in [-0.15, -0.1) is 0 Å². The van der Waals surface area contributed by atoms with Gasteiger partial charge in [-0.05, 0) is 23.3 Å². The molecule has 3 rings (SSSR count). The van der Waals surface area contributed by atoms with E-state index in [1.54, 1.807) is 4.90 Å². The van der Waals surface area contributed by atoms with Crippen LogP contribution in [0.2, 0.25) is 0 Å². The molecule has 0 aromatic heterocycles. The van der Waals surface area contributed by atoms with Gasteiger partial charge in [-0.2, -0.15) is 0 Å². The fourth-order valence-electron chi connectivity index (χ4n) is 2.21. The first kappa shape index (κ1) is 12.9. The number of urea groups is 1. The molecule has 0 fully saturated rings. The number of amides is 2. The number of nitrogens with zero attached hydrogens (tertiary/aromatic N) is 1. The van der Waals surface area contributed by atoms with Crippen molar-refractivity contribution >= 4 is 29.6 Å². The molecule has 0 spiro atoms. The fraction of sp³-hybridized carbons (Fsp3) is 0. The van der Waals surface area contributed by atoms with Gasteiger partial charge in [0.25, 0.3) is 0 Å². The molecule has 2 aromatic rings. The predicted molar refractivity (Wildman–Crippen MR) is 77.1 cm³/mol. The molecule has 1 aliphatic rings. The maximum atomic E-state index is 11.8. The van der Waals surface area contributed by atoms with Crippen molar-refractivity contribution in [3.05, 3.63) is 59.7 Å². The van der Waals surface area contributed by atoms with Gasteiger partial charge >= 0.3 is 6.03 Å². The number of carbonyl (C=O) groups excluding carboxylic acids is 1. The normalized spacial score (nSPS) is 11.9. The van der Waals surface area contributed by atoms with E-state index in [9.17, 15) is 4.79 Å². The summed E-state index contributed by atoms with van der Waals surface area (Å²) in [4.78, 5) is 13.3. The van der Waals surface area contributed by atoms with E-state index in [2.05, 4.69) is 0 Å². The maximum absolute atomic E-state index is 11.8. The molecule has 0 aliphatic carbocycles. The summed E-state index contributed by atoms with van der Waals surface area (Å²) in [5.74, 6) is 0. The standard InChI is InChI=1S/C15H12N2O.H2O/c16-15(18)17-13-7-3-1-5-11(13)9-10-12-6-2-4-8-14(12)17;/h1-10H,(H2,16,18);1H2. The Morgan fingerprint density at radius 1 is 0.842 bits per heavy atom. The highest BCUT2D eigenvalue weighted by atomic mass is 16.2. The number of primary amides is 1. The predicted octanol–water partition coefficient (Wildman–Crippen LogP) is 2.56. The summed E-state index contributed by atoms with van der Waals surface area (Å²) >= 11 is 0. The number of benzene rings is 2. The number of anilines is 2. The molecule has 4 heteroatoms. The van der Waals surface area contributed by atoms with Crippen LogP contribution in [0.25, 0.3) is 12.2 Å². The Kier molecular flexibility index (Phi) is 3.35. The van der Waals surface area contributed by atoms with Gasteiger partial charge in [-0.25, -0.2) is 4.79 Å². The van der Waals surface area contributed by atoms with E-state index in [1.165, 1.54) is 0 Å². The highest BCUT2D eigenvalue weighted by Crippen LogP contribution is 2.35. The van der Waals surface area contributed by atoms with Gasteiger partial charge in [0.05, 0.1) is 11.4 Å². The van der Waals surface area contributed by atoms with E-state index >= 15 is 0 Å². The highest BCUT2D eigenvalue weighted by molar-refractivity contribution is 6.04. The van der Waals surface area contributed by atoms with Crippen LogP contribution in [-0.4, -0.2) is 11.5 Å².